The lowest BCUT2D eigenvalue weighted by Crippen LogP contribution is -2.50. The molecule has 6 heteroatoms. The van der Waals surface area contributed by atoms with Crippen molar-refractivity contribution in [3.8, 4) is 0 Å². The van der Waals surface area contributed by atoms with Crippen molar-refractivity contribution >= 4 is 15.9 Å². The maximum absolute atomic E-state index is 12.6. The molecule has 2 rings (SSSR count). The molecular weight excluding hydrogens is 312 g/mol. The molecule has 23 heavy (non-hydrogen) atoms. The number of carbonyl (C=O) groups is 1. The number of hydrogen-bond donors (Lipinski definition) is 0. The number of nitrogens with zero attached hydrogens (tertiary/aromatic N) is 2. The van der Waals surface area contributed by atoms with Crippen molar-refractivity contribution in [2.45, 2.75) is 32.1 Å². The zero-order chi connectivity index (χ0) is 17.0. The summed E-state index contributed by atoms with van der Waals surface area (Å²) in [5.74, 6) is 0.452. The highest BCUT2D eigenvalue weighted by molar-refractivity contribution is 7.89. The highest BCUT2D eigenvalue weighted by atomic mass is 32.2. The minimum absolute atomic E-state index is 0.00563. The lowest BCUT2D eigenvalue weighted by molar-refractivity contribution is -0.128. The largest absolute Gasteiger partial charge is 0.340 e. The fourth-order valence-electron chi connectivity index (χ4n) is 2.47. The number of sulfonamides is 1. The molecule has 0 N–H and O–H groups in total. The topological polar surface area (TPSA) is 57.7 Å². The minimum Gasteiger partial charge on any atom is -0.340 e. The lowest BCUT2D eigenvalue weighted by atomic mass is 10.1. The lowest BCUT2D eigenvalue weighted by Gasteiger charge is -2.34. The summed E-state index contributed by atoms with van der Waals surface area (Å²) in [6, 6.07) is 6.87. The number of amides is 1. The Hall–Kier alpha value is -1.40. The van der Waals surface area contributed by atoms with Crippen molar-refractivity contribution in [2.75, 3.05) is 26.2 Å². The molecule has 1 aromatic rings. The Morgan fingerprint density at radius 2 is 1.70 bits per heavy atom. The van der Waals surface area contributed by atoms with Gasteiger partial charge >= 0.3 is 0 Å². The zero-order valence-electron chi connectivity index (χ0n) is 14.0. The van der Waals surface area contributed by atoms with Crippen LogP contribution in [0, 0.1) is 19.3 Å². The monoisotopic (exact) mass is 337 g/mol. The summed E-state index contributed by atoms with van der Waals surface area (Å²) < 4.78 is 26.7. The third-order valence-electron chi connectivity index (χ3n) is 3.97. The van der Waals surface area contributed by atoms with Crippen molar-refractivity contribution in [3.63, 3.8) is 0 Å². The van der Waals surface area contributed by atoms with Gasteiger partial charge in [0.1, 0.15) is 0 Å². The van der Waals surface area contributed by atoms with Crippen LogP contribution in [0.2, 0.25) is 0 Å². The number of benzene rings is 1. The molecule has 1 fully saturated rings. The van der Waals surface area contributed by atoms with Gasteiger partial charge < -0.3 is 4.90 Å². The van der Waals surface area contributed by atoms with E-state index >= 15 is 0 Å². The van der Waals surface area contributed by atoms with E-state index in [1.54, 1.807) is 35.6 Å². The Labute approximate surface area is 139 Å². The maximum Gasteiger partial charge on any atom is 0.243 e. The molecule has 0 atom stereocenters. The van der Waals surface area contributed by atoms with Crippen LogP contribution in [0.3, 0.4) is 0 Å². The molecule has 0 bridgehead atoms. The third-order valence-corrected chi connectivity index (χ3v) is 5.89. The molecule has 1 amide bonds. The Morgan fingerprint density at radius 1 is 1.13 bits per heavy atom. The fraction of sp³-hybridized carbons (Fsp3) is 0.529. The van der Waals surface area contributed by atoms with Crippen LogP contribution in [0.5, 0.6) is 0 Å². The predicted octanol–water partition coefficient (Wildman–Crippen LogP) is 2.08. The van der Waals surface area contributed by atoms with E-state index in [1.807, 2.05) is 6.92 Å². The summed E-state index contributed by atoms with van der Waals surface area (Å²) in [5, 5.41) is 0. The summed E-state index contributed by atoms with van der Waals surface area (Å²) in [5.41, 5.74) is 1.03. The van der Waals surface area contributed by atoms with Gasteiger partial charge in [-0.05, 0) is 31.4 Å². The van der Waals surface area contributed by atoms with E-state index in [9.17, 15) is 13.2 Å². The first-order valence-corrected chi connectivity index (χ1v) is 9.43. The molecule has 0 aromatic heterocycles. The van der Waals surface area contributed by atoms with Crippen LogP contribution in [-0.4, -0.2) is 49.7 Å². The third kappa shape index (κ3) is 4.54. The van der Waals surface area contributed by atoms with Gasteiger partial charge in [0, 0.05) is 32.6 Å². The van der Waals surface area contributed by atoms with Crippen LogP contribution >= 0.6 is 0 Å². The molecule has 0 aliphatic carbocycles. The quantitative estimate of drug-likeness (QED) is 0.826. The van der Waals surface area contributed by atoms with E-state index < -0.39 is 10.0 Å². The SMILES string of the molecule is Cc1ccc(S(=O)(=O)N2CCN(C(=O)[CH]CC(C)C)CC2)cc1. The molecular formula is C17H25N2O3S. The van der Waals surface area contributed by atoms with Gasteiger partial charge in [0.05, 0.1) is 4.90 Å². The second kappa shape index (κ2) is 7.45. The summed E-state index contributed by atoms with van der Waals surface area (Å²) in [7, 11) is -3.47. The van der Waals surface area contributed by atoms with E-state index in [0.717, 1.165) is 12.0 Å². The smallest absolute Gasteiger partial charge is 0.243 e. The van der Waals surface area contributed by atoms with E-state index in [0.29, 0.717) is 37.0 Å². The van der Waals surface area contributed by atoms with Gasteiger partial charge in [-0.15, -0.1) is 0 Å². The van der Waals surface area contributed by atoms with E-state index in [-0.39, 0.29) is 5.91 Å². The van der Waals surface area contributed by atoms with Crippen LogP contribution < -0.4 is 0 Å². The van der Waals surface area contributed by atoms with Gasteiger partial charge in [0.2, 0.25) is 15.9 Å². The fourth-order valence-corrected chi connectivity index (χ4v) is 3.90. The Kier molecular flexibility index (Phi) is 5.81. The Balaban J connectivity index is 1.95. The number of aryl methyl sites for hydroxylation is 1. The molecule has 1 aliphatic rings. The maximum atomic E-state index is 12.6. The zero-order valence-corrected chi connectivity index (χ0v) is 14.8. The van der Waals surface area contributed by atoms with Crippen molar-refractivity contribution in [3.05, 3.63) is 36.2 Å². The minimum atomic E-state index is -3.47. The number of piperazine rings is 1. The number of carbonyl (C=O) groups excluding carboxylic acids is 1. The van der Waals surface area contributed by atoms with Crippen LogP contribution in [0.4, 0.5) is 0 Å². The van der Waals surface area contributed by atoms with Crippen LogP contribution in [0.1, 0.15) is 25.8 Å². The van der Waals surface area contributed by atoms with Crippen LogP contribution in [-0.2, 0) is 14.8 Å². The Bertz CT molecular complexity index is 630. The highest BCUT2D eigenvalue weighted by Gasteiger charge is 2.29. The van der Waals surface area contributed by atoms with Crippen LogP contribution in [0.15, 0.2) is 29.2 Å². The predicted molar refractivity (Wildman–Crippen MR) is 90.3 cm³/mol. The average Bonchev–Trinajstić information content (AvgIpc) is 2.53. The summed E-state index contributed by atoms with van der Waals surface area (Å²) >= 11 is 0. The van der Waals surface area contributed by atoms with Crippen molar-refractivity contribution in [1.82, 2.24) is 9.21 Å². The molecule has 0 unspecified atom stereocenters. The molecule has 5 nitrogen and oxygen atoms in total. The summed E-state index contributed by atoms with van der Waals surface area (Å²) in [6.45, 7) is 7.63. The van der Waals surface area contributed by atoms with Gasteiger partial charge in [-0.2, -0.15) is 4.31 Å². The van der Waals surface area contributed by atoms with Gasteiger partial charge in [-0.3, -0.25) is 4.79 Å². The molecule has 0 spiro atoms. The van der Waals surface area contributed by atoms with E-state index in [4.69, 9.17) is 0 Å². The van der Waals surface area contributed by atoms with E-state index in [1.165, 1.54) is 4.31 Å². The van der Waals surface area contributed by atoms with Gasteiger partial charge in [0.25, 0.3) is 0 Å². The summed E-state index contributed by atoms with van der Waals surface area (Å²) in [4.78, 5) is 14.1. The van der Waals surface area contributed by atoms with Crippen LogP contribution in [0.25, 0.3) is 0 Å². The molecule has 1 saturated heterocycles. The Morgan fingerprint density at radius 3 is 2.22 bits per heavy atom. The molecule has 1 aromatic carbocycles. The highest BCUT2D eigenvalue weighted by Crippen LogP contribution is 2.18. The van der Waals surface area contributed by atoms with Gasteiger partial charge in [0.15, 0.2) is 0 Å². The normalized spacial score (nSPS) is 16.8. The van der Waals surface area contributed by atoms with Crippen molar-refractivity contribution in [1.29, 1.82) is 0 Å². The van der Waals surface area contributed by atoms with Gasteiger partial charge in [-0.1, -0.05) is 31.5 Å². The first-order chi connectivity index (χ1) is 10.8. The second-order valence-electron chi connectivity index (χ2n) is 6.38. The van der Waals surface area contributed by atoms with E-state index in [2.05, 4.69) is 13.8 Å². The second-order valence-corrected chi connectivity index (χ2v) is 8.31. The molecule has 1 aliphatic heterocycles. The van der Waals surface area contributed by atoms with Crippen molar-refractivity contribution < 1.29 is 13.2 Å². The average molecular weight is 337 g/mol. The van der Waals surface area contributed by atoms with Gasteiger partial charge in [-0.25, -0.2) is 8.42 Å². The number of rotatable bonds is 5. The summed E-state index contributed by atoms with van der Waals surface area (Å²) in [6.07, 6.45) is 2.45. The molecule has 1 heterocycles. The molecule has 127 valence electrons. The number of hydrogen-bond acceptors (Lipinski definition) is 3. The van der Waals surface area contributed by atoms with Crippen molar-refractivity contribution in [2.24, 2.45) is 5.92 Å². The molecule has 1 radical (unpaired) electrons. The first-order valence-electron chi connectivity index (χ1n) is 7.99. The molecule has 0 saturated carbocycles. The first kappa shape index (κ1) is 17.9. The standard InChI is InChI=1S/C17H25N2O3S/c1-14(2)4-9-17(20)18-10-12-19(13-11-18)23(21,22)16-7-5-15(3)6-8-16/h5-9,14H,4,10-13H2,1-3H3.